The van der Waals surface area contributed by atoms with Crippen molar-refractivity contribution in [2.75, 3.05) is 33.4 Å². The maximum Gasteiger partial charge on any atom is 0.225 e. The van der Waals surface area contributed by atoms with Crippen LogP contribution in [-0.2, 0) is 9.53 Å². The summed E-state index contributed by atoms with van der Waals surface area (Å²) in [7, 11) is 1.64. The minimum atomic E-state index is 0.156. The lowest BCUT2D eigenvalue weighted by Gasteiger charge is -2.55. The van der Waals surface area contributed by atoms with E-state index in [1.807, 2.05) is 0 Å². The third-order valence-corrected chi connectivity index (χ3v) is 3.64. The van der Waals surface area contributed by atoms with Gasteiger partial charge in [0.15, 0.2) is 0 Å². The summed E-state index contributed by atoms with van der Waals surface area (Å²) in [6.45, 7) is 3.55. The number of amides is 1. The summed E-state index contributed by atoms with van der Waals surface area (Å²) in [6.07, 6.45) is 4.05. The smallest absolute Gasteiger partial charge is 0.225 e. The minimum absolute atomic E-state index is 0.156. The molecule has 86 valence electrons. The lowest BCUT2D eigenvalue weighted by Crippen LogP contribution is -2.68. The van der Waals surface area contributed by atoms with Gasteiger partial charge in [-0.25, -0.2) is 0 Å². The Morgan fingerprint density at radius 2 is 2.40 bits per heavy atom. The average Bonchev–Trinajstić information content (AvgIpc) is 2.26. The number of likely N-dealkylation sites (tertiary alicyclic amines) is 1. The molecule has 1 unspecified atom stereocenters. The van der Waals surface area contributed by atoms with Crippen LogP contribution in [0.25, 0.3) is 0 Å². The number of methoxy groups -OCH3 is 1. The first kappa shape index (κ1) is 10.9. The molecule has 1 spiro atoms. The predicted molar refractivity (Wildman–Crippen MR) is 57.7 cm³/mol. The maximum atomic E-state index is 11.9. The zero-order valence-corrected chi connectivity index (χ0v) is 9.42. The number of carbonyl (C=O) groups is 1. The van der Waals surface area contributed by atoms with Crippen molar-refractivity contribution in [2.24, 2.45) is 0 Å². The molecule has 1 N–H and O–H groups in total. The number of hydrogen-bond donors (Lipinski definition) is 1. The second-order valence-electron chi connectivity index (χ2n) is 4.54. The van der Waals surface area contributed by atoms with Crippen LogP contribution in [0.5, 0.6) is 0 Å². The van der Waals surface area contributed by atoms with Crippen LogP contribution in [0.2, 0.25) is 0 Å². The van der Waals surface area contributed by atoms with E-state index in [4.69, 9.17) is 4.74 Å². The minimum Gasteiger partial charge on any atom is -0.384 e. The summed E-state index contributed by atoms with van der Waals surface area (Å²) in [5.74, 6) is 0.256. The van der Waals surface area contributed by atoms with Crippen LogP contribution in [0.15, 0.2) is 0 Å². The number of carbonyl (C=O) groups excluding carboxylic acids is 1. The molecule has 2 rings (SSSR count). The van der Waals surface area contributed by atoms with E-state index in [2.05, 4.69) is 10.2 Å². The van der Waals surface area contributed by atoms with Crippen molar-refractivity contribution in [3.8, 4) is 0 Å². The Kier molecular flexibility index (Phi) is 3.26. The van der Waals surface area contributed by atoms with Crippen molar-refractivity contribution >= 4 is 5.91 Å². The van der Waals surface area contributed by atoms with Crippen LogP contribution >= 0.6 is 0 Å². The quantitative estimate of drug-likeness (QED) is 0.735. The van der Waals surface area contributed by atoms with Crippen molar-refractivity contribution in [3.63, 3.8) is 0 Å². The van der Waals surface area contributed by atoms with Gasteiger partial charge in [-0.05, 0) is 25.8 Å². The molecule has 4 nitrogen and oxygen atoms in total. The molecule has 15 heavy (non-hydrogen) atoms. The van der Waals surface area contributed by atoms with Crippen LogP contribution in [0.4, 0.5) is 0 Å². The number of nitrogens with zero attached hydrogens (tertiary/aromatic N) is 1. The van der Waals surface area contributed by atoms with Gasteiger partial charge < -0.3 is 15.0 Å². The molecule has 0 saturated carbocycles. The summed E-state index contributed by atoms with van der Waals surface area (Å²) >= 11 is 0. The molecule has 2 aliphatic rings. The van der Waals surface area contributed by atoms with E-state index in [1.54, 1.807) is 7.11 Å². The predicted octanol–water partition coefficient (Wildman–Crippen LogP) is 0.377. The number of ether oxygens (including phenoxy) is 1. The first-order chi connectivity index (χ1) is 7.28. The van der Waals surface area contributed by atoms with Crippen LogP contribution in [0.1, 0.15) is 25.7 Å². The first-order valence-corrected chi connectivity index (χ1v) is 5.79. The summed E-state index contributed by atoms with van der Waals surface area (Å²) in [4.78, 5) is 13.9. The highest BCUT2D eigenvalue weighted by Gasteiger charge is 2.47. The maximum absolute atomic E-state index is 11.9. The van der Waals surface area contributed by atoms with Crippen molar-refractivity contribution in [3.05, 3.63) is 0 Å². The first-order valence-electron chi connectivity index (χ1n) is 5.79. The molecular weight excluding hydrogens is 192 g/mol. The zero-order chi connectivity index (χ0) is 10.7. The second kappa shape index (κ2) is 4.49. The standard InChI is InChI=1S/C11H20N2O2/c1-15-8-3-10(14)13-7-5-11(13)4-2-6-12-9-11/h12H,2-9H2,1H3. The van der Waals surface area contributed by atoms with Gasteiger partial charge >= 0.3 is 0 Å². The van der Waals surface area contributed by atoms with E-state index >= 15 is 0 Å². The Morgan fingerprint density at radius 1 is 1.53 bits per heavy atom. The molecule has 0 radical (unpaired) electrons. The molecular formula is C11H20N2O2. The Labute approximate surface area is 91.0 Å². The van der Waals surface area contributed by atoms with Gasteiger partial charge in [0.25, 0.3) is 0 Å². The normalized spacial score (nSPS) is 30.3. The van der Waals surface area contributed by atoms with E-state index in [1.165, 1.54) is 19.3 Å². The van der Waals surface area contributed by atoms with Crippen molar-refractivity contribution < 1.29 is 9.53 Å². The Morgan fingerprint density at radius 3 is 2.93 bits per heavy atom. The van der Waals surface area contributed by atoms with Crippen LogP contribution in [0, 0.1) is 0 Å². The number of rotatable bonds is 3. The van der Waals surface area contributed by atoms with E-state index in [0.717, 1.165) is 19.6 Å². The van der Waals surface area contributed by atoms with Crippen LogP contribution in [-0.4, -0.2) is 49.7 Å². The lowest BCUT2D eigenvalue weighted by molar-refractivity contribution is -0.150. The van der Waals surface area contributed by atoms with Gasteiger partial charge in [0.1, 0.15) is 0 Å². The van der Waals surface area contributed by atoms with E-state index in [9.17, 15) is 4.79 Å². The van der Waals surface area contributed by atoms with E-state index in [-0.39, 0.29) is 11.4 Å². The van der Waals surface area contributed by atoms with Gasteiger partial charge in [-0.3, -0.25) is 4.79 Å². The van der Waals surface area contributed by atoms with Crippen LogP contribution < -0.4 is 5.32 Å². The topological polar surface area (TPSA) is 41.6 Å². The third-order valence-electron chi connectivity index (χ3n) is 3.64. The van der Waals surface area contributed by atoms with Gasteiger partial charge in [0.2, 0.25) is 5.91 Å². The fourth-order valence-corrected chi connectivity index (χ4v) is 2.65. The molecule has 0 aliphatic carbocycles. The monoisotopic (exact) mass is 212 g/mol. The average molecular weight is 212 g/mol. The zero-order valence-electron chi connectivity index (χ0n) is 9.42. The second-order valence-corrected chi connectivity index (χ2v) is 4.54. The molecule has 0 aromatic heterocycles. The Bertz CT molecular complexity index is 237. The van der Waals surface area contributed by atoms with E-state index in [0.29, 0.717) is 13.0 Å². The summed E-state index contributed by atoms with van der Waals surface area (Å²) in [6, 6.07) is 0. The molecule has 4 heteroatoms. The molecule has 0 aromatic carbocycles. The highest BCUT2D eigenvalue weighted by atomic mass is 16.5. The molecule has 2 fully saturated rings. The van der Waals surface area contributed by atoms with Crippen molar-refractivity contribution in [1.29, 1.82) is 0 Å². The summed E-state index contributed by atoms with van der Waals surface area (Å²) in [5, 5.41) is 3.39. The Hall–Kier alpha value is -0.610. The van der Waals surface area contributed by atoms with Gasteiger partial charge in [-0.15, -0.1) is 0 Å². The SMILES string of the molecule is COCCC(=O)N1CCC12CCCNC2. The summed E-state index contributed by atoms with van der Waals surface area (Å²) < 4.78 is 4.94. The van der Waals surface area contributed by atoms with Gasteiger partial charge in [0.05, 0.1) is 18.6 Å². The fourth-order valence-electron chi connectivity index (χ4n) is 2.65. The Balaban J connectivity index is 1.89. The highest BCUT2D eigenvalue weighted by molar-refractivity contribution is 5.78. The number of piperidine rings is 1. The van der Waals surface area contributed by atoms with Gasteiger partial charge in [0, 0.05) is 20.2 Å². The number of nitrogens with one attached hydrogen (secondary N) is 1. The molecule has 0 aromatic rings. The molecule has 1 amide bonds. The molecule has 2 heterocycles. The molecule has 0 bridgehead atoms. The van der Waals surface area contributed by atoms with Gasteiger partial charge in [-0.1, -0.05) is 0 Å². The summed E-state index contributed by atoms with van der Waals surface area (Å²) in [5.41, 5.74) is 0.156. The fraction of sp³-hybridized carbons (Fsp3) is 0.909. The van der Waals surface area contributed by atoms with Crippen molar-refractivity contribution in [1.82, 2.24) is 10.2 Å². The molecule has 2 aliphatic heterocycles. The van der Waals surface area contributed by atoms with Crippen LogP contribution in [0.3, 0.4) is 0 Å². The van der Waals surface area contributed by atoms with Crippen molar-refractivity contribution in [2.45, 2.75) is 31.2 Å². The number of hydrogen-bond acceptors (Lipinski definition) is 3. The van der Waals surface area contributed by atoms with Gasteiger partial charge in [-0.2, -0.15) is 0 Å². The molecule has 2 saturated heterocycles. The van der Waals surface area contributed by atoms with E-state index < -0.39 is 0 Å². The molecule has 1 atom stereocenters. The lowest BCUT2D eigenvalue weighted by atomic mass is 9.78. The largest absolute Gasteiger partial charge is 0.384 e. The third kappa shape index (κ3) is 2.01. The highest BCUT2D eigenvalue weighted by Crippen LogP contribution is 2.36.